The minimum absolute atomic E-state index is 0.198. The maximum Gasteiger partial charge on any atom is 0.265 e. The van der Waals surface area contributed by atoms with Crippen molar-refractivity contribution in [1.82, 2.24) is 4.98 Å². The number of nitrogens with two attached hydrogens (primary N) is 2. The van der Waals surface area contributed by atoms with Gasteiger partial charge in [0.1, 0.15) is 5.69 Å². The summed E-state index contributed by atoms with van der Waals surface area (Å²) in [6.45, 7) is 4.08. The van der Waals surface area contributed by atoms with E-state index in [2.05, 4.69) is 11.1 Å². The van der Waals surface area contributed by atoms with Gasteiger partial charge in [-0.2, -0.15) is 5.26 Å². The van der Waals surface area contributed by atoms with Crippen LogP contribution < -0.4 is 11.5 Å². The summed E-state index contributed by atoms with van der Waals surface area (Å²) in [6.07, 6.45) is 0.798. The Hall–Kier alpha value is -3.59. The van der Waals surface area contributed by atoms with Gasteiger partial charge in [0.25, 0.3) is 5.91 Å². The highest BCUT2D eigenvalue weighted by Gasteiger charge is 2.25. The number of amides is 2. The van der Waals surface area contributed by atoms with Crippen LogP contribution in [-0.2, 0) is 11.2 Å². The van der Waals surface area contributed by atoms with Crippen LogP contribution in [0.2, 0.25) is 0 Å². The number of nitrogens with one attached hydrogen (secondary N) is 1. The Kier molecular flexibility index (Phi) is 5.69. The van der Waals surface area contributed by atoms with Crippen molar-refractivity contribution in [3.05, 3.63) is 59.3 Å². The van der Waals surface area contributed by atoms with Crippen LogP contribution in [0.3, 0.4) is 0 Å². The molecule has 0 aliphatic heterocycles. The summed E-state index contributed by atoms with van der Waals surface area (Å²) in [5.74, 6) is -1.15. The third kappa shape index (κ3) is 4.14. The van der Waals surface area contributed by atoms with Crippen molar-refractivity contribution >= 4 is 22.7 Å². The summed E-state index contributed by atoms with van der Waals surface area (Å²) in [6, 6.07) is 15.3. The van der Waals surface area contributed by atoms with Crippen molar-refractivity contribution in [2.45, 2.75) is 32.6 Å². The number of H-pyrrole nitrogens is 1. The van der Waals surface area contributed by atoms with Crippen LogP contribution in [0.4, 0.5) is 0 Å². The van der Waals surface area contributed by atoms with Gasteiger partial charge in [0.15, 0.2) is 0 Å². The third-order valence-corrected chi connectivity index (χ3v) is 5.06. The lowest BCUT2D eigenvalue weighted by molar-refractivity contribution is -0.119. The van der Waals surface area contributed by atoms with E-state index in [9.17, 15) is 14.9 Å². The number of rotatable bonds is 7. The second kappa shape index (κ2) is 8.19. The van der Waals surface area contributed by atoms with Crippen molar-refractivity contribution < 1.29 is 9.59 Å². The molecule has 148 valence electrons. The molecule has 5 N–H and O–H groups in total. The summed E-state index contributed by atoms with van der Waals surface area (Å²) < 4.78 is 0. The summed E-state index contributed by atoms with van der Waals surface area (Å²) in [5, 5.41) is 10.1. The predicted octanol–water partition coefficient (Wildman–Crippen LogP) is 3.61. The molecule has 0 aliphatic rings. The van der Waals surface area contributed by atoms with Gasteiger partial charge in [-0.05, 0) is 52.8 Å². The minimum atomic E-state index is -0.523. The van der Waals surface area contributed by atoms with Crippen molar-refractivity contribution in [1.29, 1.82) is 5.26 Å². The fraction of sp³-hybridized carbons (Fsp3) is 0.261. The molecule has 2 aromatic carbocycles. The second-order valence-electron chi connectivity index (χ2n) is 7.65. The van der Waals surface area contributed by atoms with Gasteiger partial charge in [-0.3, -0.25) is 9.59 Å². The molecule has 1 aromatic heterocycles. The summed E-state index contributed by atoms with van der Waals surface area (Å²) in [4.78, 5) is 26.8. The van der Waals surface area contributed by atoms with Crippen LogP contribution in [0.25, 0.3) is 22.0 Å². The van der Waals surface area contributed by atoms with Crippen molar-refractivity contribution in [3.63, 3.8) is 0 Å². The number of hydrogen-bond donors (Lipinski definition) is 3. The highest BCUT2D eigenvalue weighted by Crippen LogP contribution is 2.37. The number of aromatic amines is 1. The van der Waals surface area contributed by atoms with Crippen LogP contribution in [0, 0.1) is 17.2 Å². The van der Waals surface area contributed by atoms with E-state index in [0.29, 0.717) is 12.1 Å². The highest BCUT2D eigenvalue weighted by molar-refractivity contribution is 5.98. The van der Waals surface area contributed by atoms with E-state index in [1.165, 1.54) is 0 Å². The Morgan fingerprint density at radius 2 is 1.90 bits per heavy atom. The van der Waals surface area contributed by atoms with Crippen molar-refractivity contribution in [2.24, 2.45) is 17.4 Å². The molecule has 0 saturated carbocycles. The molecular formula is C23H24N4O2. The van der Waals surface area contributed by atoms with Crippen LogP contribution in [-0.4, -0.2) is 16.8 Å². The minimum Gasteiger partial charge on any atom is -0.369 e. The Morgan fingerprint density at radius 3 is 2.52 bits per heavy atom. The van der Waals surface area contributed by atoms with E-state index >= 15 is 0 Å². The molecule has 1 unspecified atom stereocenters. The van der Waals surface area contributed by atoms with Gasteiger partial charge in [0.2, 0.25) is 5.91 Å². The van der Waals surface area contributed by atoms with Gasteiger partial charge < -0.3 is 16.5 Å². The zero-order chi connectivity index (χ0) is 21.1. The molecule has 6 heteroatoms. The van der Waals surface area contributed by atoms with Gasteiger partial charge in [-0.1, -0.05) is 38.1 Å². The normalized spacial score (nSPS) is 12.1. The lowest BCUT2D eigenvalue weighted by atomic mass is 9.81. The molecule has 0 bridgehead atoms. The number of nitriles is 1. The Balaban J connectivity index is 2.22. The molecule has 0 radical (unpaired) electrons. The Labute approximate surface area is 169 Å². The first-order chi connectivity index (χ1) is 13.8. The predicted molar refractivity (Wildman–Crippen MR) is 113 cm³/mol. The number of aromatic nitrogens is 1. The number of carbonyl (C=O) groups is 2. The SMILES string of the molecule is CC(C)CC(C(N)=O)c1c(CC#N)cccc1-c1ccc2[nH]c(C(N)=O)cc2c1. The first kappa shape index (κ1) is 20.2. The number of fused-ring (bicyclic) bond motifs is 1. The molecule has 2 amide bonds. The fourth-order valence-corrected chi connectivity index (χ4v) is 3.80. The summed E-state index contributed by atoms with van der Waals surface area (Å²) in [5.41, 5.74) is 15.7. The molecule has 0 aliphatic carbocycles. The molecule has 1 heterocycles. The topological polar surface area (TPSA) is 126 Å². The lowest BCUT2D eigenvalue weighted by Crippen LogP contribution is -2.24. The fourth-order valence-electron chi connectivity index (χ4n) is 3.80. The average Bonchev–Trinajstić information content (AvgIpc) is 3.10. The average molecular weight is 388 g/mol. The van der Waals surface area contributed by atoms with E-state index in [1.54, 1.807) is 6.07 Å². The summed E-state index contributed by atoms with van der Waals surface area (Å²) >= 11 is 0. The highest BCUT2D eigenvalue weighted by atomic mass is 16.1. The maximum absolute atomic E-state index is 12.3. The van der Waals surface area contributed by atoms with Gasteiger partial charge in [0.05, 0.1) is 18.4 Å². The Morgan fingerprint density at radius 1 is 1.14 bits per heavy atom. The molecular weight excluding hydrogens is 364 g/mol. The van der Waals surface area contributed by atoms with Gasteiger partial charge in [0, 0.05) is 10.9 Å². The number of hydrogen-bond acceptors (Lipinski definition) is 3. The van der Waals surface area contributed by atoms with Gasteiger partial charge in [-0.15, -0.1) is 0 Å². The largest absolute Gasteiger partial charge is 0.369 e. The maximum atomic E-state index is 12.3. The van der Waals surface area contributed by atoms with Crippen molar-refractivity contribution in [2.75, 3.05) is 0 Å². The molecule has 0 saturated heterocycles. The second-order valence-corrected chi connectivity index (χ2v) is 7.65. The zero-order valence-electron chi connectivity index (χ0n) is 16.5. The van der Waals surface area contributed by atoms with Gasteiger partial charge in [-0.25, -0.2) is 0 Å². The Bertz CT molecular complexity index is 1120. The van der Waals surface area contributed by atoms with Crippen LogP contribution in [0.15, 0.2) is 42.5 Å². The van der Waals surface area contributed by atoms with Crippen LogP contribution >= 0.6 is 0 Å². The van der Waals surface area contributed by atoms with E-state index in [4.69, 9.17) is 11.5 Å². The first-order valence-corrected chi connectivity index (χ1v) is 9.52. The van der Waals surface area contributed by atoms with Crippen LogP contribution in [0.1, 0.15) is 47.8 Å². The summed E-state index contributed by atoms with van der Waals surface area (Å²) in [7, 11) is 0. The molecule has 6 nitrogen and oxygen atoms in total. The van der Waals surface area contributed by atoms with Crippen molar-refractivity contribution in [3.8, 4) is 17.2 Å². The zero-order valence-corrected chi connectivity index (χ0v) is 16.5. The smallest absolute Gasteiger partial charge is 0.265 e. The number of carbonyl (C=O) groups excluding carboxylic acids is 2. The molecule has 3 rings (SSSR count). The molecule has 1 atom stereocenters. The quantitative estimate of drug-likeness (QED) is 0.572. The van der Waals surface area contributed by atoms with E-state index in [1.807, 2.05) is 50.2 Å². The molecule has 0 spiro atoms. The van der Waals surface area contributed by atoms with E-state index in [0.717, 1.165) is 33.2 Å². The molecule has 0 fully saturated rings. The first-order valence-electron chi connectivity index (χ1n) is 9.52. The van der Waals surface area contributed by atoms with E-state index < -0.39 is 17.7 Å². The van der Waals surface area contributed by atoms with Crippen LogP contribution in [0.5, 0.6) is 0 Å². The number of primary amides is 2. The number of nitrogens with zero attached hydrogens (tertiary/aromatic N) is 1. The molecule has 3 aromatic rings. The monoisotopic (exact) mass is 388 g/mol. The standard InChI is InChI=1S/C23H24N4O2/c1-13(2)10-18(22(25)28)21-14(8-9-24)4-3-5-17(21)15-6-7-19-16(11-15)12-20(27-19)23(26)29/h3-7,11-13,18,27H,8,10H2,1-2H3,(H2,25,28)(H2,26,29). The molecule has 29 heavy (non-hydrogen) atoms. The van der Waals surface area contributed by atoms with Gasteiger partial charge >= 0.3 is 0 Å². The lowest BCUT2D eigenvalue weighted by Gasteiger charge is -2.22. The third-order valence-electron chi connectivity index (χ3n) is 5.06. The number of benzene rings is 2. The van der Waals surface area contributed by atoms with E-state index in [-0.39, 0.29) is 12.3 Å².